The van der Waals surface area contributed by atoms with Crippen molar-refractivity contribution in [3.05, 3.63) is 97.1 Å². The average Bonchev–Trinajstić information content (AvgIpc) is 3.53. The van der Waals surface area contributed by atoms with Gasteiger partial charge in [0.2, 0.25) is 11.8 Å². The number of ether oxygens (including phenoxy) is 2. The Balaban J connectivity index is 1.71. The molecule has 0 aromatic heterocycles. The lowest BCUT2D eigenvalue weighted by Crippen LogP contribution is -2.48. The summed E-state index contributed by atoms with van der Waals surface area (Å²) in [5, 5.41) is 12.3. The number of hydrogen-bond acceptors (Lipinski definition) is 7. The van der Waals surface area contributed by atoms with Crippen LogP contribution in [0.5, 0.6) is 0 Å². The normalized spacial score (nSPS) is 16.3. The third kappa shape index (κ3) is 10.8. The minimum atomic E-state index is -1.29. The monoisotopic (exact) mass is 604 g/mol. The molecule has 1 fully saturated rings. The molecule has 2 aromatic rings. The molecule has 2 aromatic carbocycles. The van der Waals surface area contributed by atoms with Crippen molar-refractivity contribution in [2.24, 2.45) is 11.8 Å². The summed E-state index contributed by atoms with van der Waals surface area (Å²) in [5.74, 6) is -3.33. The third-order valence-corrected chi connectivity index (χ3v) is 7.75. The maximum Gasteiger partial charge on any atom is 0.332 e. The van der Waals surface area contributed by atoms with Gasteiger partial charge in [0, 0.05) is 13.0 Å². The van der Waals surface area contributed by atoms with Crippen molar-refractivity contribution in [2.45, 2.75) is 63.6 Å². The largest absolute Gasteiger partial charge is 0.463 e. The number of nitrogens with zero attached hydrogens (tertiary/aromatic N) is 1. The second-order valence-electron chi connectivity index (χ2n) is 11.0. The van der Waals surface area contributed by atoms with Crippen LogP contribution in [0.2, 0.25) is 0 Å². The lowest BCUT2D eigenvalue weighted by Gasteiger charge is -2.26. The van der Waals surface area contributed by atoms with Gasteiger partial charge in [-0.2, -0.15) is 0 Å². The molecule has 1 aliphatic heterocycles. The molecular formula is C35H44N2O7. The van der Waals surface area contributed by atoms with Crippen LogP contribution in [0.1, 0.15) is 49.7 Å². The highest BCUT2D eigenvalue weighted by Gasteiger charge is 2.33. The number of rotatable bonds is 18. The Morgan fingerprint density at radius 3 is 2.25 bits per heavy atom. The second kappa shape index (κ2) is 18.4. The Labute approximate surface area is 259 Å². The summed E-state index contributed by atoms with van der Waals surface area (Å²) in [4.78, 5) is 54.5. The van der Waals surface area contributed by atoms with E-state index in [1.54, 1.807) is 29.2 Å². The van der Waals surface area contributed by atoms with Gasteiger partial charge in [0.25, 0.3) is 0 Å². The summed E-state index contributed by atoms with van der Waals surface area (Å²) in [7, 11) is 0. The fourth-order valence-corrected chi connectivity index (χ4v) is 5.26. The third-order valence-electron chi connectivity index (χ3n) is 7.75. The van der Waals surface area contributed by atoms with E-state index in [1.807, 2.05) is 48.5 Å². The van der Waals surface area contributed by atoms with Crippen molar-refractivity contribution in [3.8, 4) is 0 Å². The molecule has 1 saturated heterocycles. The zero-order valence-electron chi connectivity index (χ0n) is 25.3. The number of esters is 2. The van der Waals surface area contributed by atoms with Gasteiger partial charge in [-0.25, -0.2) is 4.79 Å². The number of hydrogen-bond donors (Lipinski definition) is 2. The Morgan fingerprint density at radius 2 is 1.61 bits per heavy atom. The fourth-order valence-electron chi connectivity index (χ4n) is 5.26. The van der Waals surface area contributed by atoms with Crippen LogP contribution in [0.3, 0.4) is 0 Å². The molecule has 2 amide bonds. The molecule has 2 N–H and O–H groups in total. The molecule has 0 radical (unpaired) electrons. The first kappa shape index (κ1) is 34.3. The first-order valence-electron chi connectivity index (χ1n) is 15.2. The predicted octanol–water partition coefficient (Wildman–Crippen LogP) is 4.15. The molecule has 44 heavy (non-hydrogen) atoms. The standard InChI is InChI=1S/C35H44N2O7/c1-3-5-18-29(21-26-14-8-6-9-15-26)34(41)44-25-31(35(42)43-24-27-16-10-7-11-17-27)36-33(40)28(13-4-2)22-32(39)37-20-12-19-30(37)23-38/h3-4,6-11,14-17,28-31,38H,1-2,5,12-13,18-25H2,(H,36,40)/t28-,29+,30-,31+/m0/s1. The van der Waals surface area contributed by atoms with Crippen LogP contribution >= 0.6 is 0 Å². The van der Waals surface area contributed by atoms with E-state index in [0.717, 1.165) is 17.5 Å². The maximum absolute atomic E-state index is 13.4. The van der Waals surface area contributed by atoms with Gasteiger partial charge >= 0.3 is 11.9 Å². The molecule has 9 heteroatoms. The Bertz CT molecular complexity index is 1230. The number of carbonyl (C=O) groups excluding carboxylic acids is 4. The molecule has 0 unspecified atom stereocenters. The van der Waals surface area contributed by atoms with E-state index in [2.05, 4.69) is 18.5 Å². The highest BCUT2D eigenvalue weighted by Crippen LogP contribution is 2.21. The van der Waals surface area contributed by atoms with Crippen molar-refractivity contribution in [3.63, 3.8) is 0 Å². The predicted molar refractivity (Wildman–Crippen MR) is 167 cm³/mol. The zero-order chi connectivity index (χ0) is 31.7. The molecule has 0 aliphatic carbocycles. The van der Waals surface area contributed by atoms with Crippen molar-refractivity contribution in [2.75, 3.05) is 19.8 Å². The molecule has 0 spiro atoms. The van der Waals surface area contributed by atoms with Crippen molar-refractivity contribution in [1.82, 2.24) is 10.2 Å². The molecule has 4 atom stereocenters. The van der Waals surface area contributed by atoms with Crippen LogP contribution in [0.4, 0.5) is 0 Å². The van der Waals surface area contributed by atoms with Gasteiger partial charge in [0.1, 0.15) is 13.2 Å². The first-order chi connectivity index (χ1) is 21.4. The van der Waals surface area contributed by atoms with Crippen molar-refractivity contribution >= 4 is 23.8 Å². The highest BCUT2D eigenvalue weighted by molar-refractivity contribution is 5.89. The van der Waals surface area contributed by atoms with Gasteiger partial charge in [-0.15, -0.1) is 13.2 Å². The topological polar surface area (TPSA) is 122 Å². The van der Waals surface area contributed by atoms with Crippen molar-refractivity contribution in [1.29, 1.82) is 0 Å². The molecule has 0 bridgehead atoms. The number of aliphatic hydroxyl groups is 1. The second-order valence-corrected chi connectivity index (χ2v) is 11.0. The van der Waals surface area contributed by atoms with Gasteiger partial charge in [-0.1, -0.05) is 72.8 Å². The number of amides is 2. The van der Waals surface area contributed by atoms with Crippen LogP contribution in [0.15, 0.2) is 86.0 Å². The van der Waals surface area contributed by atoms with E-state index in [0.29, 0.717) is 32.2 Å². The summed E-state index contributed by atoms with van der Waals surface area (Å²) < 4.78 is 11.1. The Hall–Kier alpha value is -4.24. The molecule has 3 rings (SSSR count). The summed E-state index contributed by atoms with van der Waals surface area (Å²) in [6, 6.07) is 17.1. The molecule has 9 nitrogen and oxygen atoms in total. The summed E-state index contributed by atoms with van der Waals surface area (Å²) >= 11 is 0. The average molecular weight is 605 g/mol. The van der Waals surface area contributed by atoms with E-state index in [-0.39, 0.29) is 38.0 Å². The number of nitrogens with one attached hydrogen (secondary N) is 1. The summed E-state index contributed by atoms with van der Waals surface area (Å²) in [5.41, 5.74) is 1.73. The number of benzene rings is 2. The maximum atomic E-state index is 13.4. The van der Waals surface area contributed by atoms with E-state index in [1.165, 1.54) is 0 Å². The number of aliphatic hydroxyl groups excluding tert-OH is 1. The minimum Gasteiger partial charge on any atom is -0.463 e. The van der Waals surface area contributed by atoms with Gasteiger partial charge < -0.3 is 24.8 Å². The van der Waals surface area contributed by atoms with Crippen LogP contribution < -0.4 is 5.32 Å². The highest BCUT2D eigenvalue weighted by atomic mass is 16.6. The van der Waals surface area contributed by atoms with Gasteiger partial charge in [-0.3, -0.25) is 14.4 Å². The van der Waals surface area contributed by atoms with Gasteiger partial charge in [0.15, 0.2) is 6.04 Å². The van der Waals surface area contributed by atoms with E-state index in [9.17, 15) is 24.3 Å². The molecule has 0 saturated carbocycles. The van der Waals surface area contributed by atoms with Crippen LogP contribution in [0, 0.1) is 11.8 Å². The lowest BCUT2D eigenvalue weighted by atomic mass is 9.95. The van der Waals surface area contributed by atoms with Crippen molar-refractivity contribution < 1.29 is 33.8 Å². The van der Waals surface area contributed by atoms with E-state index >= 15 is 0 Å². The number of carbonyl (C=O) groups is 4. The van der Waals surface area contributed by atoms with E-state index < -0.39 is 42.3 Å². The zero-order valence-corrected chi connectivity index (χ0v) is 25.3. The Kier molecular flexibility index (Phi) is 14.3. The number of allylic oxidation sites excluding steroid dienone is 2. The smallest absolute Gasteiger partial charge is 0.332 e. The fraction of sp³-hybridized carbons (Fsp3) is 0.429. The quantitative estimate of drug-likeness (QED) is 0.194. The van der Waals surface area contributed by atoms with Crippen LogP contribution in [-0.4, -0.2) is 65.6 Å². The minimum absolute atomic E-state index is 0.0258. The molecule has 236 valence electrons. The Morgan fingerprint density at radius 1 is 0.932 bits per heavy atom. The number of likely N-dealkylation sites (tertiary alicyclic amines) is 1. The summed E-state index contributed by atoms with van der Waals surface area (Å²) in [6.07, 6.45) is 6.44. The van der Waals surface area contributed by atoms with Gasteiger partial charge in [-0.05, 0) is 49.7 Å². The SMILES string of the molecule is C=CCC[C@H](Cc1ccccc1)C(=O)OC[C@@H](NC(=O)[C@@H](CC=C)CC(=O)N1CCC[C@H]1CO)C(=O)OCc1ccccc1. The van der Waals surface area contributed by atoms with E-state index in [4.69, 9.17) is 9.47 Å². The lowest BCUT2D eigenvalue weighted by molar-refractivity contribution is -0.157. The molecular weight excluding hydrogens is 560 g/mol. The first-order valence-corrected chi connectivity index (χ1v) is 15.2. The van der Waals surface area contributed by atoms with Gasteiger partial charge in [0.05, 0.1) is 24.5 Å². The van der Waals surface area contributed by atoms with Crippen LogP contribution in [0.25, 0.3) is 0 Å². The molecule has 1 heterocycles. The molecule has 1 aliphatic rings. The summed E-state index contributed by atoms with van der Waals surface area (Å²) in [6.45, 7) is 7.41. The van der Waals surface area contributed by atoms with Crippen LogP contribution in [-0.2, 0) is 41.7 Å².